The molecule has 11 heavy (non-hydrogen) atoms. The van der Waals surface area contributed by atoms with Crippen LogP contribution in [0.1, 0.15) is 20.8 Å². The summed E-state index contributed by atoms with van der Waals surface area (Å²) < 4.78 is 4.16. The zero-order chi connectivity index (χ0) is 8.85. The molecule has 1 amide bonds. The Morgan fingerprint density at radius 1 is 1.64 bits per heavy atom. The van der Waals surface area contributed by atoms with Gasteiger partial charge in [0.1, 0.15) is 0 Å². The maximum absolute atomic E-state index is 10.9. The fraction of sp³-hybridized carbons (Fsp3) is 0.714. The molecule has 0 spiro atoms. The summed E-state index contributed by atoms with van der Waals surface area (Å²) in [4.78, 5) is 22.1. The van der Waals surface area contributed by atoms with Gasteiger partial charge in [-0.15, -0.1) is 0 Å². The van der Waals surface area contributed by atoms with E-state index in [0.717, 1.165) is 0 Å². The normalized spacial score (nSPS) is 9.45. The first-order valence-corrected chi connectivity index (χ1v) is 3.54. The molecule has 0 aliphatic carbocycles. The van der Waals surface area contributed by atoms with E-state index in [0.29, 0.717) is 6.54 Å². The molecule has 0 aromatic rings. The fourth-order valence-electron chi connectivity index (χ4n) is 0.814. The molecule has 0 saturated carbocycles. The van der Waals surface area contributed by atoms with Gasteiger partial charge in [-0.1, -0.05) is 0 Å². The second-order valence-corrected chi connectivity index (χ2v) is 2.36. The van der Waals surface area contributed by atoms with Crippen molar-refractivity contribution in [3.63, 3.8) is 0 Å². The van der Waals surface area contributed by atoms with Gasteiger partial charge in [0.2, 0.25) is 0 Å². The Morgan fingerprint density at radius 3 is 2.45 bits per heavy atom. The van der Waals surface area contributed by atoms with Crippen LogP contribution < -0.4 is 0 Å². The predicted molar refractivity (Wildman–Crippen MR) is 40.1 cm³/mol. The Morgan fingerprint density at radius 2 is 2.18 bits per heavy atom. The quantitative estimate of drug-likeness (QED) is 0.456. The number of rotatable bonds is 3. The van der Waals surface area contributed by atoms with Crippen LogP contribution in [-0.4, -0.2) is 30.1 Å². The van der Waals surface area contributed by atoms with Gasteiger partial charge in [0.05, 0.1) is 0 Å². The number of ether oxygens (including phenoxy) is 1. The molecule has 4 nitrogen and oxygen atoms in total. The van der Waals surface area contributed by atoms with Crippen LogP contribution in [0.3, 0.4) is 0 Å². The van der Waals surface area contributed by atoms with E-state index in [1.807, 2.05) is 20.8 Å². The minimum absolute atomic E-state index is 0.0625. The average molecular weight is 159 g/mol. The van der Waals surface area contributed by atoms with Gasteiger partial charge in [-0.3, -0.25) is 4.79 Å². The number of hydrogen-bond acceptors (Lipinski definition) is 3. The van der Waals surface area contributed by atoms with Gasteiger partial charge in [0.25, 0.3) is 0 Å². The zero-order valence-electron chi connectivity index (χ0n) is 7.03. The molecule has 0 unspecified atom stereocenters. The third-order valence-electron chi connectivity index (χ3n) is 1.35. The fourth-order valence-corrected chi connectivity index (χ4v) is 0.814. The molecule has 0 radical (unpaired) electrons. The molecule has 0 N–H and O–H groups in total. The zero-order valence-corrected chi connectivity index (χ0v) is 7.03. The van der Waals surface area contributed by atoms with Crippen LogP contribution in [-0.2, 0) is 9.53 Å². The van der Waals surface area contributed by atoms with Gasteiger partial charge in [0.15, 0.2) is 0 Å². The highest BCUT2D eigenvalue weighted by Crippen LogP contribution is 1.99. The van der Waals surface area contributed by atoms with Crippen molar-refractivity contribution in [3.05, 3.63) is 0 Å². The van der Waals surface area contributed by atoms with E-state index < -0.39 is 6.09 Å². The highest BCUT2D eigenvalue weighted by Gasteiger charge is 2.15. The largest absolute Gasteiger partial charge is 0.417 e. The Kier molecular flexibility index (Phi) is 4.26. The Labute approximate surface area is 66.1 Å². The molecule has 4 heteroatoms. The van der Waals surface area contributed by atoms with E-state index in [2.05, 4.69) is 4.74 Å². The third kappa shape index (κ3) is 3.02. The van der Waals surface area contributed by atoms with Gasteiger partial charge in [-0.25, -0.2) is 4.79 Å². The van der Waals surface area contributed by atoms with E-state index >= 15 is 0 Å². The first-order chi connectivity index (χ1) is 5.13. The lowest BCUT2D eigenvalue weighted by molar-refractivity contribution is -0.124. The molecular formula is C7H13NO3. The van der Waals surface area contributed by atoms with Crippen LogP contribution in [0.25, 0.3) is 0 Å². The average Bonchev–Trinajstić information content (AvgIpc) is 1.88. The van der Waals surface area contributed by atoms with E-state index in [1.54, 1.807) is 0 Å². The predicted octanol–water partition coefficient (Wildman–Crippen LogP) is 1.01. The van der Waals surface area contributed by atoms with Crippen molar-refractivity contribution in [2.45, 2.75) is 26.8 Å². The van der Waals surface area contributed by atoms with E-state index in [-0.39, 0.29) is 12.5 Å². The van der Waals surface area contributed by atoms with Crippen molar-refractivity contribution in [2.75, 3.05) is 6.54 Å². The van der Waals surface area contributed by atoms with Crippen LogP contribution in [0.5, 0.6) is 0 Å². The summed E-state index contributed by atoms with van der Waals surface area (Å²) in [5.74, 6) is 0. The molecule has 0 aliphatic heterocycles. The third-order valence-corrected chi connectivity index (χ3v) is 1.35. The monoisotopic (exact) mass is 159 g/mol. The standard InChI is InChI=1S/C7H13NO3/c1-4-8(6(2)3)7(10)11-5-9/h5-6H,4H2,1-3H3. The topological polar surface area (TPSA) is 46.6 Å². The number of hydrogen-bond donors (Lipinski definition) is 0. The van der Waals surface area contributed by atoms with Crippen molar-refractivity contribution >= 4 is 12.6 Å². The molecule has 0 aliphatic rings. The molecule has 0 fully saturated rings. The number of carbonyl (C=O) groups excluding carboxylic acids is 2. The lowest BCUT2D eigenvalue weighted by atomic mass is 10.3. The smallest absolute Gasteiger partial charge is 0.379 e. The Hall–Kier alpha value is -1.06. The first kappa shape index (κ1) is 9.94. The van der Waals surface area contributed by atoms with Gasteiger partial charge >= 0.3 is 12.6 Å². The molecule has 0 aromatic heterocycles. The molecule has 0 atom stereocenters. The van der Waals surface area contributed by atoms with Crippen molar-refractivity contribution in [1.29, 1.82) is 0 Å². The van der Waals surface area contributed by atoms with Crippen molar-refractivity contribution in [1.82, 2.24) is 4.90 Å². The van der Waals surface area contributed by atoms with Crippen LogP contribution in [0.4, 0.5) is 4.79 Å². The van der Waals surface area contributed by atoms with Gasteiger partial charge in [0, 0.05) is 12.6 Å². The minimum Gasteiger partial charge on any atom is -0.379 e. The van der Waals surface area contributed by atoms with E-state index in [1.165, 1.54) is 4.90 Å². The summed E-state index contributed by atoms with van der Waals surface area (Å²) in [6, 6.07) is 0.0625. The van der Waals surface area contributed by atoms with Gasteiger partial charge in [-0.2, -0.15) is 0 Å². The lowest BCUT2D eigenvalue weighted by Crippen LogP contribution is -2.36. The van der Waals surface area contributed by atoms with Crippen LogP contribution >= 0.6 is 0 Å². The number of amides is 1. The summed E-state index contributed by atoms with van der Waals surface area (Å²) in [6.07, 6.45) is -0.586. The summed E-state index contributed by atoms with van der Waals surface area (Å²) in [5.41, 5.74) is 0. The molecule has 0 heterocycles. The highest BCUT2D eigenvalue weighted by atomic mass is 16.6. The van der Waals surface area contributed by atoms with E-state index in [4.69, 9.17) is 0 Å². The molecule has 0 bridgehead atoms. The summed E-state index contributed by atoms with van der Waals surface area (Å²) >= 11 is 0. The molecule has 0 rings (SSSR count). The minimum atomic E-state index is -0.586. The lowest BCUT2D eigenvalue weighted by Gasteiger charge is -2.22. The number of nitrogens with zero attached hydrogens (tertiary/aromatic N) is 1. The second kappa shape index (κ2) is 4.71. The Balaban J connectivity index is 4.02. The Bertz CT molecular complexity index is 145. The number of carbonyl (C=O) groups is 2. The van der Waals surface area contributed by atoms with Crippen LogP contribution in [0.15, 0.2) is 0 Å². The summed E-state index contributed by atoms with van der Waals surface area (Å²) in [6.45, 7) is 6.23. The maximum atomic E-state index is 10.9. The summed E-state index contributed by atoms with van der Waals surface area (Å²) in [5, 5.41) is 0. The molecule has 64 valence electrons. The van der Waals surface area contributed by atoms with Crippen molar-refractivity contribution in [3.8, 4) is 0 Å². The van der Waals surface area contributed by atoms with Crippen LogP contribution in [0.2, 0.25) is 0 Å². The van der Waals surface area contributed by atoms with Gasteiger partial charge in [-0.05, 0) is 20.8 Å². The highest BCUT2D eigenvalue weighted by molar-refractivity contribution is 5.75. The SMILES string of the molecule is CCN(C(=O)OC=O)C(C)C. The summed E-state index contributed by atoms with van der Waals surface area (Å²) in [7, 11) is 0. The van der Waals surface area contributed by atoms with Crippen LogP contribution in [0, 0.1) is 0 Å². The first-order valence-electron chi connectivity index (χ1n) is 3.54. The molecule has 0 aromatic carbocycles. The van der Waals surface area contributed by atoms with Crippen molar-refractivity contribution in [2.24, 2.45) is 0 Å². The maximum Gasteiger partial charge on any atom is 0.417 e. The van der Waals surface area contributed by atoms with Gasteiger partial charge < -0.3 is 9.64 Å². The molecular weight excluding hydrogens is 146 g/mol. The molecule has 0 saturated heterocycles. The van der Waals surface area contributed by atoms with E-state index in [9.17, 15) is 9.59 Å². The van der Waals surface area contributed by atoms with Crippen molar-refractivity contribution < 1.29 is 14.3 Å². The second-order valence-electron chi connectivity index (χ2n) is 2.36.